The van der Waals surface area contributed by atoms with Crippen molar-refractivity contribution in [3.63, 3.8) is 0 Å². The maximum absolute atomic E-state index is 12.9. The average molecular weight is 439 g/mol. The van der Waals surface area contributed by atoms with Gasteiger partial charge in [0.2, 0.25) is 5.91 Å². The van der Waals surface area contributed by atoms with Crippen molar-refractivity contribution >= 4 is 40.0 Å². The number of carbonyl (C=O) groups excluding carboxylic acids is 1. The Labute approximate surface area is 185 Å². The maximum atomic E-state index is 12.9. The van der Waals surface area contributed by atoms with E-state index in [1.165, 1.54) is 0 Å². The van der Waals surface area contributed by atoms with Crippen LogP contribution in [0.4, 0.5) is 0 Å². The molecule has 0 spiro atoms. The molecule has 5 nitrogen and oxygen atoms in total. The predicted octanol–water partition coefficient (Wildman–Crippen LogP) is 5.52. The molecular formula is C23H20Cl2N4O. The lowest BCUT2D eigenvalue weighted by Crippen LogP contribution is -2.45. The number of aromatic nitrogens is 2. The minimum Gasteiger partial charge on any atom is -0.332 e. The molecule has 2 aromatic carbocycles. The molecule has 0 N–H and O–H groups in total. The predicted molar refractivity (Wildman–Crippen MR) is 118 cm³/mol. The van der Waals surface area contributed by atoms with Gasteiger partial charge in [0.25, 0.3) is 0 Å². The van der Waals surface area contributed by atoms with E-state index in [-0.39, 0.29) is 11.9 Å². The SMILES string of the molecule is C=C(CCCn1ncc2cc(C#N)ccc21)C(=O)N1CCC1c1cccc(Cl)c1Cl. The highest BCUT2D eigenvalue weighted by Crippen LogP contribution is 2.40. The topological polar surface area (TPSA) is 61.9 Å². The summed E-state index contributed by atoms with van der Waals surface area (Å²) in [7, 11) is 0. The molecule has 1 atom stereocenters. The molecule has 1 aliphatic heterocycles. The molecule has 4 rings (SSSR count). The summed E-state index contributed by atoms with van der Waals surface area (Å²) in [6.45, 7) is 5.38. The van der Waals surface area contributed by atoms with E-state index in [0.29, 0.717) is 40.7 Å². The second-order valence-corrected chi connectivity index (χ2v) is 8.19. The number of fused-ring (bicyclic) bond motifs is 1. The van der Waals surface area contributed by atoms with Gasteiger partial charge in [0, 0.05) is 24.0 Å². The summed E-state index contributed by atoms with van der Waals surface area (Å²) in [6, 6.07) is 13.1. The Morgan fingerprint density at radius 1 is 1.30 bits per heavy atom. The maximum Gasteiger partial charge on any atom is 0.249 e. The van der Waals surface area contributed by atoms with Crippen molar-refractivity contribution < 1.29 is 4.79 Å². The summed E-state index contributed by atoms with van der Waals surface area (Å²) in [5.41, 5.74) is 3.06. The largest absolute Gasteiger partial charge is 0.332 e. The van der Waals surface area contributed by atoms with Crippen LogP contribution in [0.3, 0.4) is 0 Å². The van der Waals surface area contributed by atoms with Crippen LogP contribution in [0.15, 0.2) is 54.7 Å². The smallest absolute Gasteiger partial charge is 0.249 e. The molecule has 1 fully saturated rings. The lowest BCUT2D eigenvalue weighted by Gasteiger charge is -2.42. The van der Waals surface area contributed by atoms with Crippen molar-refractivity contribution in [1.82, 2.24) is 14.7 Å². The molecule has 1 saturated heterocycles. The second-order valence-electron chi connectivity index (χ2n) is 7.41. The number of nitriles is 1. The summed E-state index contributed by atoms with van der Waals surface area (Å²) in [4.78, 5) is 14.7. The minimum absolute atomic E-state index is 0.0359. The molecule has 3 aromatic rings. The number of hydrogen-bond donors (Lipinski definition) is 0. The summed E-state index contributed by atoms with van der Waals surface area (Å²) in [5, 5.41) is 15.4. The lowest BCUT2D eigenvalue weighted by molar-refractivity contribution is -0.135. The zero-order valence-electron chi connectivity index (χ0n) is 16.3. The Morgan fingerprint density at radius 2 is 2.13 bits per heavy atom. The van der Waals surface area contributed by atoms with Gasteiger partial charge in [-0.2, -0.15) is 10.4 Å². The van der Waals surface area contributed by atoms with Crippen molar-refractivity contribution in [3.05, 3.63) is 75.9 Å². The number of likely N-dealkylation sites (tertiary alicyclic amines) is 1. The van der Waals surface area contributed by atoms with E-state index in [1.54, 1.807) is 18.3 Å². The van der Waals surface area contributed by atoms with Crippen molar-refractivity contribution in [2.75, 3.05) is 6.54 Å². The minimum atomic E-state index is -0.0511. The van der Waals surface area contributed by atoms with Gasteiger partial charge in [0.15, 0.2) is 0 Å². The second kappa shape index (κ2) is 8.51. The Balaban J connectivity index is 1.36. The summed E-state index contributed by atoms with van der Waals surface area (Å²) >= 11 is 12.5. The van der Waals surface area contributed by atoms with Crippen LogP contribution >= 0.6 is 23.2 Å². The molecule has 1 aromatic heterocycles. The first-order chi connectivity index (χ1) is 14.5. The lowest BCUT2D eigenvalue weighted by atomic mass is 9.93. The Morgan fingerprint density at radius 3 is 2.87 bits per heavy atom. The summed E-state index contributed by atoms with van der Waals surface area (Å²) < 4.78 is 1.90. The van der Waals surface area contributed by atoms with Crippen LogP contribution in [0.2, 0.25) is 10.0 Å². The third-order valence-electron chi connectivity index (χ3n) is 5.54. The van der Waals surface area contributed by atoms with Gasteiger partial charge in [-0.1, -0.05) is 41.9 Å². The Hall–Kier alpha value is -2.81. The van der Waals surface area contributed by atoms with Crippen LogP contribution in [-0.2, 0) is 11.3 Å². The molecule has 1 aliphatic rings. The van der Waals surface area contributed by atoms with Crippen molar-refractivity contribution in [3.8, 4) is 6.07 Å². The van der Waals surface area contributed by atoms with Crippen LogP contribution in [0.1, 0.15) is 36.4 Å². The van der Waals surface area contributed by atoms with Crippen LogP contribution in [0.5, 0.6) is 0 Å². The van der Waals surface area contributed by atoms with E-state index in [9.17, 15) is 4.79 Å². The molecule has 0 aliphatic carbocycles. The van der Waals surface area contributed by atoms with Crippen LogP contribution in [0, 0.1) is 11.3 Å². The molecule has 1 unspecified atom stereocenters. The van der Waals surface area contributed by atoms with Crippen molar-refractivity contribution in [1.29, 1.82) is 5.26 Å². The zero-order chi connectivity index (χ0) is 21.3. The molecular weight excluding hydrogens is 419 g/mol. The highest BCUT2D eigenvalue weighted by molar-refractivity contribution is 6.42. The normalized spacial score (nSPS) is 15.6. The molecule has 1 amide bonds. The van der Waals surface area contributed by atoms with Gasteiger partial charge in [0.1, 0.15) is 0 Å². The first-order valence-corrected chi connectivity index (χ1v) is 10.5. The van der Waals surface area contributed by atoms with Crippen molar-refractivity contribution in [2.45, 2.75) is 31.8 Å². The molecule has 0 bridgehead atoms. The van der Waals surface area contributed by atoms with Crippen molar-refractivity contribution in [2.24, 2.45) is 0 Å². The molecule has 2 heterocycles. The van der Waals surface area contributed by atoms with Gasteiger partial charge < -0.3 is 4.90 Å². The molecule has 0 saturated carbocycles. The number of hydrogen-bond acceptors (Lipinski definition) is 3. The molecule has 7 heteroatoms. The number of nitrogens with zero attached hydrogens (tertiary/aromatic N) is 4. The quantitative estimate of drug-likeness (QED) is 0.475. The first kappa shape index (κ1) is 20.5. The molecule has 152 valence electrons. The number of rotatable bonds is 6. The van der Waals surface area contributed by atoms with Crippen LogP contribution in [0.25, 0.3) is 10.9 Å². The average Bonchev–Trinajstić information content (AvgIpc) is 3.12. The van der Waals surface area contributed by atoms with Gasteiger partial charge in [0.05, 0.1) is 39.4 Å². The monoisotopic (exact) mass is 438 g/mol. The fourth-order valence-corrected chi connectivity index (χ4v) is 4.25. The number of halogens is 2. The third-order valence-corrected chi connectivity index (χ3v) is 6.38. The van der Waals surface area contributed by atoms with E-state index in [2.05, 4.69) is 17.7 Å². The van der Waals surface area contributed by atoms with Crippen LogP contribution < -0.4 is 0 Å². The summed E-state index contributed by atoms with van der Waals surface area (Å²) in [6.07, 6.45) is 3.96. The Kier molecular flexibility index (Phi) is 5.80. The van der Waals surface area contributed by atoms with E-state index >= 15 is 0 Å². The number of amides is 1. The highest BCUT2D eigenvalue weighted by Gasteiger charge is 2.35. The van der Waals surface area contributed by atoms with Gasteiger partial charge in [-0.05, 0) is 49.1 Å². The third kappa shape index (κ3) is 3.81. The van der Waals surface area contributed by atoms with Crippen LogP contribution in [-0.4, -0.2) is 27.1 Å². The van der Waals surface area contributed by atoms with E-state index in [4.69, 9.17) is 28.5 Å². The summed E-state index contributed by atoms with van der Waals surface area (Å²) in [5.74, 6) is -0.0359. The molecule has 30 heavy (non-hydrogen) atoms. The van der Waals surface area contributed by atoms with Gasteiger partial charge in [-0.3, -0.25) is 9.48 Å². The zero-order valence-corrected chi connectivity index (χ0v) is 17.8. The van der Waals surface area contributed by atoms with Gasteiger partial charge in [-0.25, -0.2) is 0 Å². The standard InChI is InChI=1S/C23H20Cl2N4O/c1-15(4-3-10-29-20-8-7-16(13-26)12-17(20)14-27-29)23(30)28-11-9-21(28)18-5-2-6-19(24)22(18)25/h2,5-8,12,14,21H,1,3-4,9-11H2. The first-order valence-electron chi connectivity index (χ1n) is 9.78. The molecule has 0 radical (unpaired) electrons. The number of aryl methyl sites for hydroxylation is 1. The number of carbonyl (C=O) groups is 1. The van der Waals surface area contributed by atoms with Gasteiger partial charge in [-0.15, -0.1) is 0 Å². The van der Waals surface area contributed by atoms with E-state index < -0.39 is 0 Å². The Bertz CT molecular complexity index is 1180. The number of benzene rings is 2. The fourth-order valence-electron chi connectivity index (χ4n) is 3.82. The highest BCUT2D eigenvalue weighted by atomic mass is 35.5. The van der Waals surface area contributed by atoms with E-state index in [0.717, 1.165) is 29.3 Å². The fraction of sp³-hybridized carbons (Fsp3) is 0.261. The van der Waals surface area contributed by atoms with Gasteiger partial charge >= 0.3 is 0 Å². The van der Waals surface area contributed by atoms with E-state index in [1.807, 2.05) is 33.8 Å².